The predicted molar refractivity (Wildman–Crippen MR) is 93.8 cm³/mol. The van der Waals surface area contributed by atoms with E-state index in [4.69, 9.17) is 9.47 Å². The first-order valence-corrected chi connectivity index (χ1v) is 8.76. The molecule has 0 fully saturated rings. The van der Waals surface area contributed by atoms with Gasteiger partial charge in [0.25, 0.3) is 0 Å². The van der Waals surface area contributed by atoms with Gasteiger partial charge in [0.1, 0.15) is 0 Å². The highest BCUT2D eigenvalue weighted by molar-refractivity contribution is 5.46. The topological polar surface area (TPSA) is 30.5 Å². The molecule has 3 heteroatoms. The average Bonchev–Trinajstić information content (AvgIpc) is 2.54. The summed E-state index contributed by atoms with van der Waals surface area (Å²) >= 11 is 0. The van der Waals surface area contributed by atoms with Crippen LogP contribution in [0.15, 0.2) is 18.2 Å². The van der Waals surface area contributed by atoms with E-state index >= 15 is 0 Å². The highest BCUT2D eigenvalue weighted by Gasteiger charge is 2.12. The van der Waals surface area contributed by atoms with Gasteiger partial charge in [-0.3, -0.25) is 0 Å². The van der Waals surface area contributed by atoms with Crippen LogP contribution in [0.1, 0.15) is 64.9 Å². The second kappa shape index (κ2) is 11.4. The van der Waals surface area contributed by atoms with Gasteiger partial charge < -0.3 is 14.8 Å². The normalized spacial score (nSPS) is 12.2. The number of nitrogens with one attached hydrogen (secondary N) is 1. The van der Waals surface area contributed by atoms with E-state index in [1.807, 2.05) is 12.1 Å². The van der Waals surface area contributed by atoms with Crippen molar-refractivity contribution in [1.29, 1.82) is 0 Å². The Bertz CT molecular complexity index is 406. The number of para-hydroxylation sites is 1. The van der Waals surface area contributed by atoms with Crippen LogP contribution in [0.5, 0.6) is 11.5 Å². The Morgan fingerprint density at radius 2 is 1.86 bits per heavy atom. The summed E-state index contributed by atoms with van der Waals surface area (Å²) in [6.07, 6.45) is 7.74. The van der Waals surface area contributed by atoms with Crippen LogP contribution in [0.25, 0.3) is 0 Å². The van der Waals surface area contributed by atoms with Crippen molar-refractivity contribution < 1.29 is 9.47 Å². The standard InChI is InChI=1S/C19H33NO2/c1-5-7-8-9-10-14-20-15-17-12-11-13-18(21-4)19(17)22-16(3)6-2/h11-13,16,20H,5-10,14-15H2,1-4H3. The van der Waals surface area contributed by atoms with E-state index in [0.29, 0.717) is 0 Å². The minimum absolute atomic E-state index is 0.198. The smallest absolute Gasteiger partial charge is 0.166 e. The molecule has 1 aromatic carbocycles. The molecule has 0 aliphatic carbocycles. The van der Waals surface area contributed by atoms with E-state index in [1.54, 1.807) is 7.11 Å². The van der Waals surface area contributed by atoms with E-state index in [2.05, 4.69) is 32.2 Å². The van der Waals surface area contributed by atoms with Gasteiger partial charge in [-0.25, -0.2) is 0 Å². The Morgan fingerprint density at radius 1 is 1.09 bits per heavy atom. The van der Waals surface area contributed by atoms with Crippen LogP contribution < -0.4 is 14.8 Å². The second-order valence-electron chi connectivity index (χ2n) is 5.88. The number of unbranched alkanes of at least 4 members (excludes halogenated alkanes) is 4. The molecule has 0 aliphatic heterocycles. The van der Waals surface area contributed by atoms with Crippen molar-refractivity contribution in [3.8, 4) is 11.5 Å². The number of methoxy groups -OCH3 is 1. The maximum absolute atomic E-state index is 6.06. The van der Waals surface area contributed by atoms with Gasteiger partial charge in [-0.05, 0) is 32.4 Å². The van der Waals surface area contributed by atoms with E-state index in [0.717, 1.165) is 31.0 Å². The van der Waals surface area contributed by atoms with Gasteiger partial charge in [0, 0.05) is 12.1 Å². The number of hydrogen-bond acceptors (Lipinski definition) is 3. The third kappa shape index (κ3) is 6.69. The molecule has 1 rings (SSSR count). The highest BCUT2D eigenvalue weighted by Crippen LogP contribution is 2.32. The first-order chi connectivity index (χ1) is 10.7. The minimum Gasteiger partial charge on any atom is -0.493 e. The molecular formula is C19H33NO2. The lowest BCUT2D eigenvalue weighted by Crippen LogP contribution is -2.17. The van der Waals surface area contributed by atoms with Gasteiger partial charge in [0.15, 0.2) is 11.5 Å². The molecule has 1 N–H and O–H groups in total. The lowest BCUT2D eigenvalue weighted by Gasteiger charge is -2.19. The molecule has 1 unspecified atom stereocenters. The van der Waals surface area contributed by atoms with Crippen molar-refractivity contribution in [2.45, 2.75) is 71.9 Å². The van der Waals surface area contributed by atoms with Crippen molar-refractivity contribution in [3.05, 3.63) is 23.8 Å². The molecule has 0 aliphatic rings. The Balaban J connectivity index is 2.50. The Labute approximate surface area is 136 Å². The van der Waals surface area contributed by atoms with Gasteiger partial charge in [0.2, 0.25) is 0 Å². The lowest BCUT2D eigenvalue weighted by molar-refractivity contribution is 0.205. The number of hydrogen-bond donors (Lipinski definition) is 1. The monoisotopic (exact) mass is 307 g/mol. The van der Waals surface area contributed by atoms with Crippen molar-refractivity contribution in [2.24, 2.45) is 0 Å². The molecule has 0 radical (unpaired) electrons. The molecule has 1 aromatic rings. The van der Waals surface area contributed by atoms with Crippen LogP contribution in [-0.4, -0.2) is 19.8 Å². The fourth-order valence-corrected chi connectivity index (χ4v) is 2.36. The maximum atomic E-state index is 6.06. The number of benzene rings is 1. The zero-order valence-electron chi connectivity index (χ0n) is 14.8. The third-order valence-electron chi connectivity index (χ3n) is 3.95. The Kier molecular flexibility index (Phi) is 9.72. The Hall–Kier alpha value is -1.22. The summed E-state index contributed by atoms with van der Waals surface area (Å²) in [6.45, 7) is 8.37. The largest absolute Gasteiger partial charge is 0.493 e. The van der Waals surface area contributed by atoms with Gasteiger partial charge >= 0.3 is 0 Å². The summed E-state index contributed by atoms with van der Waals surface area (Å²) in [5.41, 5.74) is 1.17. The predicted octanol–water partition coefficient (Wildman–Crippen LogP) is 4.93. The van der Waals surface area contributed by atoms with Crippen LogP contribution in [0.3, 0.4) is 0 Å². The second-order valence-corrected chi connectivity index (χ2v) is 5.88. The summed E-state index contributed by atoms with van der Waals surface area (Å²) < 4.78 is 11.5. The van der Waals surface area contributed by atoms with Crippen molar-refractivity contribution >= 4 is 0 Å². The minimum atomic E-state index is 0.198. The average molecular weight is 307 g/mol. The van der Waals surface area contributed by atoms with Crippen LogP contribution in [0.2, 0.25) is 0 Å². The molecule has 22 heavy (non-hydrogen) atoms. The summed E-state index contributed by atoms with van der Waals surface area (Å²) in [5.74, 6) is 1.71. The van der Waals surface area contributed by atoms with Crippen LogP contribution >= 0.6 is 0 Å². The lowest BCUT2D eigenvalue weighted by atomic mass is 10.1. The molecule has 0 saturated heterocycles. The Morgan fingerprint density at radius 3 is 2.55 bits per heavy atom. The SMILES string of the molecule is CCCCCCCNCc1cccc(OC)c1OC(C)CC. The van der Waals surface area contributed by atoms with Crippen LogP contribution in [0, 0.1) is 0 Å². The van der Waals surface area contributed by atoms with E-state index in [1.165, 1.54) is 37.7 Å². The molecule has 0 spiro atoms. The molecular weight excluding hydrogens is 274 g/mol. The van der Waals surface area contributed by atoms with E-state index < -0.39 is 0 Å². The highest BCUT2D eigenvalue weighted by atomic mass is 16.5. The van der Waals surface area contributed by atoms with Crippen LogP contribution in [-0.2, 0) is 6.54 Å². The summed E-state index contributed by atoms with van der Waals surface area (Å²) in [7, 11) is 1.70. The summed E-state index contributed by atoms with van der Waals surface area (Å²) in [4.78, 5) is 0. The first kappa shape index (κ1) is 18.8. The molecule has 0 heterocycles. The molecule has 0 bridgehead atoms. The van der Waals surface area contributed by atoms with E-state index in [9.17, 15) is 0 Å². The van der Waals surface area contributed by atoms with Crippen molar-refractivity contribution in [1.82, 2.24) is 5.32 Å². The van der Waals surface area contributed by atoms with Gasteiger partial charge in [0.05, 0.1) is 13.2 Å². The molecule has 0 saturated carbocycles. The third-order valence-corrected chi connectivity index (χ3v) is 3.95. The van der Waals surface area contributed by atoms with Gasteiger partial charge in [-0.15, -0.1) is 0 Å². The van der Waals surface area contributed by atoms with Crippen LogP contribution in [0.4, 0.5) is 0 Å². The molecule has 126 valence electrons. The molecule has 3 nitrogen and oxygen atoms in total. The van der Waals surface area contributed by atoms with Crippen molar-refractivity contribution in [2.75, 3.05) is 13.7 Å². The number of rotatable bonds is 12. The number of ether oxygens (including phenoxy) is 2. The quantitative estimate of drug-likeness (QED) is 0.555. The first-order valence-electron chi connectivity index (χ1n) is 8.76. The zero-order valence-corrected chi connectivity index (χ0v) is 14.8. The molecule has 0 amide bonds. The fourth-order valence-electron chi connectivity index (χ4n) is 2.36. The summed E-state index contributed by atoms with van der Waals surface area (Å²) in [6, 6.07) is 6.11. The fraction of sp³-hybridized carbons (Fsp3) is 0.684. The molecule has 1 atom stereocenters. The molecule has 0 aromatic heterocycles. The van der Waals surface area contributed by atoms with Gasteiger partial charge in [-0.1, -0.05) is 51.7 Å². The maximum Gasteiger partial charge on any atom is 0.166 e. The van der Waals surface area contributed by atoms with Crippen molar-refractivity contribution in [3.63, 3.8) is 0 Å². The van der Waals surface area contributed by atoms with Gasteiger partial charge in [-0.2, -0.15) is 0 Å². The van der Waals surface area contributed by atoms with E-state index in [-0.39, 0.29) is 6.10 Å². The zero-order chi connectivity index (χ0) is 16.2. The summed E-state index contributed by atoms with van der Waals surface area (Å²) in [5, 5.41) is 3.53.